The number of carboxylic acid groups (broad SMARTS) is 1. The second-order valence-corrected chi connectivity index (χ2v) is 4.15. The quantitative estimate of drug-likeness (QED) is 0.705. The normalized spacial score (nSPS) is 10.3. The van der Waals surface area contributed by atoms with Gasteiger partial charge in [-0.05, 0) is 18.2 Å². The van der Waals surface area contributed by atoms with E-state index in [2.05, 4.69) is 15.6 Å². The monoisotopic (exact) mass is 293 g/mol. The number of nitrogens with one attached hydrogen (secondary N) is 1. The maximum atomic E-state index is 13.1. The molecule has 1 amide bonds. The highest BCUT2D eigenvalue weighted by atomic mass is 19.1. The van der Waals surface area contributed by atoms with Gasteiger partial charge in [0.1, 0.15) is 5.82 Å². The molecule has 0 spiro atoms. The first-order valence-corrected chi connectivity index (χ1v) is 5.94. The molecule has 0 atom stereocenters. The average molecular weight is 293 g/mol. The van der Waals surface area contributed by atoms with E-state index in [4.69, 9.17) is 10.8 Å². The molecule has 8 nitrogen and oxygen atoms in total. The minimum Gasteiger partial charge on any atom is -0.476 e. The van der Waals surface area contributed by atoms with Crippen LogP contribution < -0.4 is 11.1 Å². The number of amides is 1. The molecule has 2 aromatic rings. The molecule has 21 heavy (non-hydrogen) atoms. The molecule has 0 aliphatic carbocycles. The highest BCUT2D eigenvalue weighted by Crippen LogP contribution is 2.16. The molecule has 1 heterocycles. The van der Waals surface area contributed by atoms with Crippen molar-refractivity contribution < 1.29 is 19.1 Å². The fraction of sp³-hybridized carbons (Fsp3) is 0.167. The van der Waals surface area contributed by atoms with Crippen molar-refractivity contribution in [3.63, 3.8) is 0 Å². The Morgan fingerprint density at radius 1 is 1.43 bits per heavy atom. The number of rotatable bonds is 6. The highest BCUT2D eigenvalue weighted by Gasteiger charge is 2.10. The van der Waals surface area contributed by atoms with Gasteiger partial charge in [-0.3, -0.25) is 4.79 Å². The minimum absolute atomic E-state index is 0.0415. The van der Waals surface area contributed by atoms with Gasteiger partial charge in [0.25, 0.3) is 5.91 Å². The first-order valence-electron chi connectivity index (χ1n) is 5.94. The Bertz CT molecular complexity index is 685. The third-order valence-electron chi connectivity index (χ3n) is 2.66. The smallest absolute Gasteiger partial charge is 0.358 e. The van der Waals surface area contributed by atoms with E-state index in [0.29, 0.717) is 18.8 Å². The zero-order chi connectivity index (χ0) is 15.4. The summed E-state index contributed by atoms with van der Waals surface area (Å²) in [6, 6.07) is 3.65. The van der Waals surface area contributed by atoms with Gasteiger partial charge >= 0.3 is 5.97 Å². The number of carbonyl (C=O) groups excluding carboxylic acids is 1. The van der Waals surface area contributed by atoms with Gasteiger partial charge in [0, 0.05) is 12.2 Å². The van der Waals surface area contributed by atoms with Crippen LogP contribution in [0.5, 0.6) is 0 Å². The number of carbonyl (C=O) groups is 2. The fourth-order valence-electron chi connectivity index (χ4n) is 1.69. The van der Waals surface area contributed by atoms with Crippen molar-refractivity contribution in [2.24, 2.45) is 5.73 Å². The Balaban J connectivity index is 2.00. The number of hydrogen-bond acceptors (Lipinski definition) is 5. The van der Waals surface area contributed by atoms with Crippen LogP contribution in [0.4, 0.5) is 10.1 Å². The summed E-state index contributed by atoms with van der Waals surface area (Å²) >= 11 is 0. The van der Waals surface area contributed by atoms with Crippen LogP contribution >= 0.6 is 0 Å². The van der Waals surface area contributed by atoms with Crippen LogP contribution in [0.2, 0.25) is 0 Å². The number of hydrogen-bond donors (Lipinski definition) is 3. The van der Waals surface area contributed by atoms with E-state index < -0.39 is 17.7 Å². The molecule has 2 rings (SSSR count). The van der Waals surface area contributed by atoms with Crippen LogP contribution in [-0.2, 0) is 6.54 Å². The summed E-state index contributed by atoms with van der Waals surface area (Å²) in [5.41, 5.74) is 5.44. The number of halogens is 1. The molecule has 110 valence electrons. The van der Waals surface area contributed by atoms with Crippen LogP contribution in [0, 0.1) is 5.82 Å². The van der Waals surface area contributed by atoms with E-state index >= 15 is 0 Å². The average Bonchev–Trinajstić information content (AvgIpc) is 2.89. The van der Waals surface area contributed by atoms with Gasteiger partial charge in [0.2, 0.25) is 0 Å². The van der Waals surface area contributed by atoms with E-state index in [1.165, 1.54) is 23.0 Å². The van der Waals surface area contributed by atoms with E-state index in [-0.39, 0.29) is 11.3 Å². The Morgan fingerprint density at radius 2 is 2.19 bits per heavy atom. The number of benzene rings is 1. The summed E-state index contributed by atoms with van der Waals surface area (Å²) in [5, 5.41) is 18.7. The van der Waals surface area contributed by atoms with Crippen molar-refractivity contribution in [1.82, 2.24) is 15.0 Å². The Kier molecular flexibility index (Phi) is 4.12. The lowest BCUT2D eigenvalue weighted by molar-refractivity contribution is 0.0690. The summed E-state index contributed by atoms with van der Waals surface area (Å²) in [5.74, 6) is -2.47. The number of nitrogens with zero attached hydrogens (tertiary/aromatic N) is 3. The molecular weight excluding hydrogens is 281 g/mol. The van der Waals surface area contributed by atoms with E-state index in [0.717, 1.165) is 6.07 Å². The van der Waals surface area contributed by atoms with Gasteiger partial charge in [-0.1, -0.05) is 5.21 Å². The van der Waals surface area contributed by atoms with Crippen molar-refractivity contribution in [2.75, 3.05) is 11.9 Å². The van der Waals surface area contributed by atoms with Gasteiger partial charge in [0.15, 0.2) is 5.69 Å². The van der Waals surface area contributed by atoms with Crippen molar-refractivity contribution in [3.05, 3.63) is 41.5 Å². The van der Waals surface area contributed by atoms with E-state index in [1.54, 1.807) is 0 Å². The molecule has 0 fully saturated rings. The largest absolute Gasteiger partial charge is 0.476 e. The predicted molar refractivity (Wildman–Crippen MR) is 70.4 cm³/mol. The zero-order valence-electron chi connectivity index (χ0n) is 10.8. The van der Waals surface area contributed by atoms with Gasteiger partial charge in [-0.15, -0.1) is 5.10 Å². The van der Waals surface area contributed by atoms with Crippen molar-refractivity contribution in [1.29, 1.82) is 0 Å². The Hall–Kier alpha value is -2.97. The van der Waals surface area contributed by atoms with Crippen LogP contribution in [0.1, 0.15) is 20.8 Å². The predicted octanol–water partition coefficient (Wildman–Crippen LogP) is 0.326. The lowest BCUT2D eigenvalue weighted by Crippen LogP contribution is -2.17. The summed E-state index contributed by atoms with van der Waals surface area (Å²) in [7, 11) is 0. The second kappa shape index (κ2) is 5.99. The fourth-order valence-corrected chi connectivity index (χ4v) is 1.69. The lowest BCUT2D eigenvalue weighted by atomic mass is 10.1. The molecule has 4 N–H and O–H groups in total. The van der Waals surface area contributed by atoms with Crippen molar-refractivity contribution in [2.45, 2.75) is 6.54 Å². The molecule has 1 aromatic carbocycles. The van der Waals surface area contributed by atoms with Crippen molar-refractivity contribution in [3.8, 4) is 0 Å². The molecule has 0 aliphatic rings. The van der Waals surface area contributed by atoms with E-state index in [1.807, 2.05) is 0 Å². The molecule has 0 aliphatic heterocycles. The van der Waals surface area contributed by atoms with Crippen molar-refractivity contribution >= 4 is 17.6 Å². The third kappa shape index (κ3) is 3.53. The third-order valence-corrected chi connectivity index (χ3v) is 2.66. The molecule has 1 aromatic heterocycles. The van der Waals surface area contributed by atoms with Gasteiger partial charge in [0.05, 0.1) is 18.3 Å². The standard InChI is InChI=1S/C12H12FN5O3/c13-7-1-2-9(8(5-7)11(14)19)15-3-4-18-6-10(12(20)21)16-17-18/h1-2,5-6,15H,3-4H2,(H2,14,19)(H,20,21). The molecular formula is C12H12FN5O3. The van der Waals surface area contributed by atoms with Gasteiger partial charge < -0.3 is 16.2 Å². The number of anilines is 1. The summed E-state index contributed by atoms with van der Waals surface area (Å²) in [6.07, 6.45) is 1.28. The molecule has 0 unspecified atom stereocenters. The van der Waals surface area contributed by atoms with Gasteiger partial charge in [-0.2, -0.15) is 0 Å². The number of primary amides is 1. The first kappa shape index (κ1) is 14.4. The van der Waals surface area contributed by atoms with Crippen LogP contribution in [0.3, 0.4) is 0 Å². The molecule has 9 heteroatoms. The second-order valence-electron chi connectivity index (χ2n) is 4.15. The summed E-state index contributed by atoms with van der Waals surface area (Å²) in [4.78, 5) is 21.9. The topological polar surface area (TPSA) is 123 Å². The Labute approximate surface area is 118 Å². The zero-order valence-corrected chi connectivity index (χ0v) is 10.8. The SMILES string of the molecule is NC(=O)c1cc(F)ccc1NCCn1cc(C(=O)O)nn1. The van der Waals surface area contributed by atoms with Crippen LogP contribution in [-0.4, -0.2) is 38.5 Å². The molecule has 0 saturated heterocycles. The van der Waals surface area contributed by atoms with Crippen LogP contribution in [0.25, 0.3) is 0 Å². The Morgan fingerprint density at radius 3 is 2.81 bits per heavy atom. The number of aromatic carboxylic acids is 1. The molecule has 0 bridgehead atoms. The molecule has 0 radical (unpaired) electrons. The highest BCUT2D eigenvalue weighted by molar-refractivity contribution is 5.98. The summed E-state index contributed by atoms with van der Waals surface area (Å²) < 4.78 is 14.4. The number of carboxylic acids is 1. The maximum absolute atomic E-state index is 13.1. The van der Waals surface area contributed by atoms with E-state index in [9.17, 15) is 14.0 Å². The first-order chi connectivity index (χ1) is 9.97. The summed E-state index contributed by atoms with van der Waals surface area (Å²) in [6.45, 7) is 0.643. The number of nitrogens with two attached hydrogens (primary N) is 1. The van der Waals surface area contributed by atoms with Crippen LogP contribution in [0.15, 0.2) is 24.4 Å². The van der Waals surface area contributed by atoms with Gasteiger partial charge in [-0.25, -0.2) is 13.9 Å². The molecule has 0 saturated carbocycles. The number of aromatic nitrogens is 3. The lowest BCUT2D eigenvalue weighted by Gasteiger charge is -2.09. The minimum atomic E-state index is -1.16. The maximum Gasteiger partial charge on any atom is 0.358 e.